The molecule has 0 bridgehead atoms. The zero-order valence-corrected chi connectivity index (χ0v) is 21.5. The van der Waals surface area contributed by atoms with E-state index >= 15 is 0 Å². The summed E-state index contributed by atoms with van der Waals surface area (Å²) in [5.74, 6) is -0.315. The Morgan fingerprint density at radius 3 is 2.09 bits per heavy atom. The molecular formula is C27H31N3O2S2. The van der Waals surface area contributed by atoms with E-state index in [0.29, 0.717) is 10.7 Å². The van der Waals surface area contributed by atoms with Gasteiger partial charge in [0.15, 0.2) is 5.11 Å². The standard InChI is InChI=1S/C27H31N3O2S2/c1-4-22-19(2)34-25(23(22)26(31)32-3)28-27(33)30-17-15-29(16-18-30)24(20-11-7-5-8-12-20)21-13-9-6-10-14-21/h5-14,24H,4,15-18H2,1-3H3,(H,28,33). The number of nitrogens with one attached hydrogen (secondary N) is 1. The fraction of sp³-hybridized carbons (Fsp3) is 0.333. The van der Waals surface area contributed by atoms with E-state index in [1.165, 1.54) is 18.2 Å². The molecule has 0 aliphatic carbocycles. The van der Waals surface area contributed by atoms with Crippen LogP contribution >= 0.6 is 23.6 Å². The summed E-state index contributed by atoms with van der Waals surface area (Å²) in [6.45, 7) is 7.52. The van der Waals surface area contributed by atoms with Crippen LogP contribution in [0.5, 0.6) is 0 Å². The topological polar surface area (TPSA) is 44.8 Å². The van der Waals surface area contributed by atoms with E-state index in [0.717, 1.165) is 48.0 Å². The van der Waals surface area contributed by atoms with Crippen LogP contribution in [0.3, 0.4) is 0 Å². The molecule has 0 atom stereocenters. The molecule has 0 spiro atoms. The van der Waals surface area contributed by atoms with Gasteiger partial charge in [0.05, 0.1) is 18.7 Å². The number of esters is 1. The van der Waals surface area contributed by atoms with Crippen LogP contribution in [0.2, 0.25) is 0 Å². The lowest BCUT2D eigenvalue weighted by atomic mass is 9.96. The summed E-state index contributed by atoms with van der Waals surface area (Å²) in [5, 5.41) is 4.79. The molecule has 2 heterocycles. The SMILES string of the molecule is CCc1c(C)sc(NC(=S)N2CCN(C(c3ccccc3)c3ccccc3)CC2)c1C(=O)OC. The van der Waals surface area contributed by atoms with Crippen LogP contribution < -0.4 is 5.32 Å². The van der Waals surface area contributed by atoms with Crippen LogP contribution in [0.15, 0.2) is 60.7 Å². The molecule has 1 N–H and O–H groups in total. The molecule has 178 valence electrons. The quantitative estimate of drug-likeness (QED) is 0.361. The highest BCUT2D eigenvalue weighted by Gasteiger charge is 2.28. The van der Waals surface area contributed by atoms with Crippen molar-refractivity contribution >= 4 is 39.6 Å². The molecule has 2 aromatic carbocycles. The van der Waals surface area contributed by atoms with E-state index in [2.05, 4.69) is 82.7 Å². The van der Waals surface area contributed by atoms with Crippen molar-refractivity contribution in [3.05, 3.63) is 87.8 Å². The number of piperazine rings is 1. The van der Waals surface area contributed by atoms with Crippen LogP contribution in [-0.2, 0) is 11.2 Å². The number of thiocarbonyl (C=S) groups is 1. The van der Waals surface area contributed by atoms with E-state index < -0.39 is 0 Å². The van der Waals surface area contributed by atoms with Gasteiger partial charge in [0.2, 0.25) is 0 Å². The minimum absolute atomic E-state index is 0.212. The average Bonchev–Trinajstić information content (AvgIpc) is 3.19. The number of hydrogen-bond acceptors (Lipinski definition) is 5. The van der Waals surface area contributed by atoms with Gasteiger partial charge in [-0.2, -0.15) is 0 Å². The number of hydrogen-bond donors (Lipinski definition) is 1. The summed E-state index contributed by atoms with van der Waals surface area (Å²) in [7, 11) is 1.42. The Balaban J connectivity index is 1.47. The van der Waals surface area contributed by atoms with Crippen LogP contribution in [0, 0.1) is 6.92 Å². The number of ether oxygens (including phenoxy) is 1. The highest BCUT2D eigenvalue weighted by molar-refractivity contribution is 7.80. The minimum atomic E-state index is -0.315. The summed E-state index contributed by atoms with van der Waals surface area (Å²) in [6.07, 6.45) is 0.778. The number of benzene rings is 2. The van der Waals surface area contributed by atoms with Gasteiger partial charge in [0.1, 0.15) is 5.00 Å². The number of aryl methyl sites for hydroxylation is 1. The van der Waals surface area contributed by atoms with Crippen molar-refractivity contribution in [2.45, 2.75) is 26.3 Å². The number of rotatable bonds is 6. The van der Waals surface area contributed by atoms with Crippen molar-refractivity contribution in [1.29, 1.82) is 0 Å². The lowest BCUT2D eigenvalue weighted by Gasteiger charge is -2.40. The normalized spacial score (nSPS) is 14.3. The van der Waals surface area contributed by atoms with Crippen molar-refractivity contribution in [3.8, 4) is 0 Å². The summed E-state index contributed by atoms with van der Waals surface area (Å²) in [4.78, 5) is 18.3. The van der Waals surface area contributed by atoms with Gasteiger partial charge in [0.25, 0.3) is 0 Å². The first-order chi connectivity index (χ1) is 16.5. The Morgan fingerprint density at radius 2 is 1.59 bits per heavy atom. The Morgan fingerprint density at radius 1 is 1.03 bits per heavy atom. The molecule has 1 aromatic heterocycles. The number of carbonyl (C=O) groups excluding carboxylic acids is 1. The highest BCUT2D eigenvalue weighted by Crippen LogP contribution is 2.34. The van der Waals surface area contributed by atoms with Gasteiger partial charge in [-0.25, -0.2) is 4.79 Å². The van der Waals surface area contributed by atoms with E-state index in [-0.39, 0.29) is 12.0 Å². The number of methoxy groups -OCH3 is 1. The van der Waals surface area contributed by atoms with Gasteiger partial charge in [-0.3, -0.25) is 4.90 Å². The van der Waals surface area contributed by atoms with Crippen molar-refractivity contribution < 1.29 is 9.53 Å². The molecule has 0 unspecified atom stereocenters. The van der Waals surface area contributed by atoms with Gasteiger partial charge in [-0.05, 0) is 42.3 Å². The minimum Gasteiger partial charge on any atom is -0.465 e. The maximum atomic E-state index is 12.5. The number of anilines is 1. The molecule has 1 aliphatic heterocycles. The third-order valence-electron chi connectivity index (χ3n) is 6.37. The molecule has 3 aromatic rings. The second-order valence-electron chi connectivity index (χ2n) is 8.36. The number of thiophene rings is 1. The molecule has 1 aliphatic rings. The summed E-state index contributed by atoms with van der Waals surface area (Å²) in [5.41, 5.74) is 4.24. The largest absolute Gasteiger partial charge is 0.465 e. The van der Waals surface area contributed by atoms with Crippen molar-refractivity contribution in [1.82, 2.24) is 9.80 Å². The summed E-state index contributed by atoms with van der Waals surface area (Å²) < 4.78 is 5.05. The monoisotopic (exact) mass is 493 g/mol. The molecule has 0 radical (unpaired) electrons. The first-order valence-electron chi connectivity index (χ1n) is 11.6. The zero-order valence-electron chi connectivity index (χ0n) is 19.9. The van der Waals surface area contributed by atoms with Crippen molar-refractivity contribution in [2.75, 3.05) is 38.6 Å². The van der Waals surface area contributed by atoms with Crippen LogP contribution in [0.4, 0.5) is 5.00 Å². The summed E-state index contributed by atoms with van der Waals surface area (Å²) in [6, 6.07) is 21.6. The Labute approximate surface area is 211 Å². The second-order valence-corrected chi connectivity index (χ2v) is 9.97. The van der Waals surface area contributed by atoms with Crippen molar-refractivity contribution in [3.63, 3.8) is 0 Å². The fourth-order valence-electron chi connectivity index (χ4n) is 4.65. The summed E-state index contributed by atoms with van der Waals surface area (Å²) >= 11 is 7.33. The van der Waals surface area contributed by atoms with E-state index in [1.807, 2.05) is 6.92 Å². The Hall–Kier alpha value is -2.74. The number of nitrogens with zero attached hydrogens (tertiary/aromatic N) is 2. The molecule has 1 fully saturated rings. The molecular weight excluding hydrogens is 462 g/mol. The van der Waals surface area contributed by atoms with Gasteiger partial charge in [-0.15, -0.1) is 11.3 Å². The molecule has 0 amide bonds. The Kier molecular flexibility index (Phi) is 7.98. The predicted molar refractivity (Wildman–Crippen MR) is 144 cm³/mol. The number of carbonyl (C=O) groups is 1. The zero-order chi connectivity index (χ0) is 24.1. The van der Waals surface area contributed by atoms with Gasteiger partial charge in [-0.1, -0.05) is 67.6 Å². The van der Waals surface area contributed by atoms with Gasteiger partial charge < -0.3 is 15.0 Å². The smallest absolute Gasteiger partial charge is 0.341 e. The molecule has 1 saturated heterocycles. The van der Waals surface area contributed by atoms with E-state index in [4.69, 9.17) is 17.0 Å². The maximum absolute atomic E-state index is 12.5. The van der Waals surface area contributed by atoms with Gasteiger partial charge in [0, 0.05) is 31.1 Å². The van der Waals surface area contributed by atoms with Gasteiger partial charge >= 0.3 is 5.97 Å². The third kappa shape index (κ3) is 5.17. The fourth-order valence-corrected chi connectivity index (χ4v) is 6.14. The predicted octanol–water partition coefficient (Wildman–Crippen LogP) is 5.51. The Bertz CT molecular complexity index is 1080. The average molecular weight is 494 g/mol. The van der Waals surface area contributed by atoms with E-state index in [9.17, 15) is 4.79 Å². The maximum Gasteiger partial charge on any atom is 0.341 e. The van der Waals surface area contributed by atoms with Crippen molar-refractivity contribution in [2.24, 2.45) is 0 Å². The molecule has 5 nitrogen and oxygen atoms in total. The van der Waals surface area contributed by atoms with Crippen LogP contribution in [0.25, 0.3) is 0 Å². The van der Waals surface area contributed by atoms with Crippen LogP contribution in [-0.4, -0.2) is 54.2 Å². The molecule has 7 heteroatoms. The molecule has 4 rings (SSSR count). The molecule has 0 saturated carbocycles. The van der Waals surface area contributed by atoms with Crippen LogP contribution in [0.1, 0.15) is 44.9 Å². The first kappa shape index (κ1) is 24.4. The molecule has 34 heavy (non-hydrogen) atoms. The highest BCUT2D eigenvalue weighted by atomic mass is 32.1. The lowest BCUT2D eigenvalue weighted by molar-refractivity contribution is 0.0601. The third-order valence-corrected chi connectivity index (χ3v) is 7.79. The second kappa shape index (κ2) is 11.1. The lowest BCUT2D eigenvalue weighted by Crippen LogP contribution is -2.51. The first-order valence-corrected chi connectivity index (χ1v) is 12.9. The van der Waals surface area contributed by atoms with E-state index in [1.54, 1.807) is 11.3 Å².